The van der Waals surface area contributed by atoms with Crippen molar-refractivity contribution in [3.05, 3.63) is 22.8 Å². The molecule has 0 heterocycles. The van der Waals surface area contributed by atoms with E-state index in [1.165, 1.54) is 25.8 Å². The fourth-order valence-corrected chi connectivity index (χ4v) is 3.65. The molecule has 0 saturated heterocycles. The lowest BCUT2D eigenvalue weighted by atomic mass is 9.95. The van der Waals surface area contributed by atoms with Gasteiger partial charge in [0, 0.05) is 27.1 Å². The molecule has 176 valence electrons. The number of halogens is 6. The van der Waals surface area contributed by atoms with E-state index in [-0.39, 0.29) is 13.0 Å². The first-order valence-electron chi connectivity index (χ1n) is 9.47. The third-order valence-electron chi connectivity index (χ3n) is 3.90. The summed E-state index contributed by atoms with van der Waals surface area (Å²) in [5, 5.41) is 20.7. The van der Waals surface area contributed by atoms with Crippen LogP contribution in [0.5, 0.6) is 11.5 Å². The summed E-state index contributed by atoms with van der Waals surface area (Å²) in [5.74, 6) is -0.0974. The number of hydrogen-bond acceptors (Lipinski definition) is 3. The highest BCUT2D eigenvalue weighted by Gasteiger charge is 2.38. The minimum atomic E-state index is -4.80. The largest absolute Gasteiger partial charge is 0.507 e. The highest BCUT2D eigenvalue weighted by molar-refractivity contribution is 9.09. The highest BCUT2D eigenvalue weighted by atomic mass is 79.9. The van der Waals surface area contributed by atoms with Crippen LogP contribution in [-0.4, -0.2) is 39.6 Å². The van der Waals surface area contributed by atoms with Gasteiger partial charge < -0.3 is 9.84 Å². The van der Waals surface area contributed by atoms with Crippen LogP contribution in [0.25, 0.3) is 0 Å². The van der Waals surface area contributed by atoms with Crippen molar-refractivity contribution in [3.63, 3.8) is 0 Å². The molecule has 0 saturated carbocycles. The minimum Gasteiger partial charge on any atom is -0.507 e. The van der Waals surface area contributed by atoms with Gasteiger partial charge in [-0.05, 0) is 50.7 Å². The molecule has 1 aromatic rings. The van der Waals surface area contributed by atoms with Crippen molar-refractivity contribution in [3.8, 4) is 11.5 Å². The Morgan fingerprint density at radius 3 is 2.00 bits per heavy atom. The first-order chi connectivity index (χ1) is 13.6. The number of phenols is 1. The smallest absolute Gasteiger partial charge is 0.433 e. The van der Waals surface area contributed by atoms with Crippen molar-refractivity contribution < 1.29 is 23.0 Å². The van der Waals surface area contributed by atoms with Crippen LogP contribution < -0.4 is 4.74 Å². The number of benzene rings is 1. The van der Waals surface area contributed by atoms with Crippen molar-refractivity contribution in [1.82, 2.24) is 0 Å². The van der Waals surface area contributed by atoms with Crippen LogP contribution in [0.4, 0.5) is 13.2 Å². The zero-order valence-corrected chi connectivity index (χ0v) is 21.5. The van der Waals surface area contributed by atoms with Gasteiger partial charge in [0.25, 0.3) is 0 Å². The number of hydrogen-bond donors (Lipinski definition) is 2. The van der Waals surface area contributed by atoms with E-state index in [0.29, 0.717) is 30.8 Å². The molecule has 0 fully saturated rings. The predicted octanol–water partition coefficient (Wildman–Crippen LogP) is 8.33. The molecular formula is C21H33Br3F3NO2. The second-order valence-electron chi connectivity index (χ2n) is 6.35. The van der Waals surface area contributed by atoms with Crippen LogP contribution in [0.3, 0.4) is 0 Å². The second kappa shape index (κ2) is 17.3. The van der Waals surface area contributed by atoms with Crippen LogP contribution >= 0.6 is 47.8 Å². The maximum absolute atomic E-state index is 12.8. The standard InChI is InChI=1S/C16H21BrF3NO2.C4H8Br2.CH4/c1-3-6-11-12(23-8-5-4-7-17)9-10(2)13(14(11)22)15(21)16(18,19)20;5-3-1-2-4-6;/h9,21-22H,3-8H2,1-2H3;1-4H2;1H4. The maximum Gasteiger partial charge on any atom is 0.433 e. The van der Waals surface area contributed by atoms with E-state index >= 15 is 0 Å². The fourth-order valence-electron chi connectivity index (χ4n) is 2.46. The number of unbranched alkanes of at least 4 members (excludes halogenated alkanes) is 2. The van der Waals surface area contributed by atoms with E-state index < -0.39 is 23.2 Å². The molecule has 0 atom stereocenters. The zero-order chi connectivity index (χ0) is 22.4. The van der Waals surface area contributed by atoms with Gasteiger partial charge in [-0.3, -0.25) is 5.41 Å². The maximum atomic E-state index is 12.8. The van der Waals surface area contributed by atoms with Crippen molar-refractivity contribution in [2.75, 3.05) is 22.6 Å². The third kappa shape index (κ3) is 11.4. The van der Waals surface area contributed by atoms with E-state index in [0.717, 1.165) is 28.8 Å². The Kier molecular flexibility index (Phi) is 18.4. The van der Waals surface area contributed by atoms with Gasteiger partial charge in [-0.25, -0.2) is 0 Å². The van der Waals surface area contributed by atoms with Gasteiger partial charge in [0.05, 0.1) is 6.61 Å². The molecule has 3 nitrogen and oxygen atoms in total. The molecule has 1 rings (SSSR count). The molecule has 0 radical (unpaired) electrons. The normalized spacial score (nSPS) is 10.7. The quantitative estimate of drug-likeness (QED) is 0.147. The van der Waals surface area contributed by atoms with Gasteiger partial charge in [0.15, 0.2) is 0 Å². The minimum absolute atomic E-state index is 0. The van der Waals surface area contributed by atoms with Crippen LogP contribution in [0.1, 0.15) is 63.1 Å². The highest BCUT2D eigenvalue weighted by Crippen LogP contribution is 2.38. The summed E-state index contributed by atoms with van der Waals surface area (Å²) in [6, 6.07) is 1.48. The monoisotopic (exact) mass is 625 g/mol. The number of aromatic hydroxyl groups is 1. The summed E-state index contributed by atoms with van der Waals surface area (Å²) in [6.07, 6.45) is 0.521. The molecule has 0 aliphatic heterocycles. The summed E-state index contributed by atoms with van der Waals surface area (Å²) in [5.41, 5.74) is -1.48. The Balaban J connectivity index is 0. The van der Waals surface area contributed by atoms with Crippen molar-refractivity contribution >= 4 is 53.5 Å². The van der Waals surface area contributed by atoms with E-state index in [1.807, 2.05) is 6.92 Å². The van der Waals surface area contributed by atoms with E-state index in [4.69, 9.17) is 10.1 Å². The van der Waals surface area contributed by atoms with Gasteiger partial charge in [-0.2, -0.15) is 13.2 Å². The second-order valence-corrected chi connectivity index (χ2v) is 8.73. The Morgan fingerprint density at radius 2 is 1.57 bits per heavy atom. The number of nitrogens with one attached hydrogen (secondary N) is 1. The predicted molar refractivity (Wildman–Crippen MR) is 132 cm³/mol. The molecule has 0 amide bonds. The molecule has 9 heteroatoms. The van der Waals surface area contributed by atoms with Gasteiger partial charge in [-0.1, -0.05) is 68.6 Å². The lowest BCUT2D eigenvalue weighted by molar-refractivity contribution is -0.0589. The molecular weight excluding hydrogens is 595 g/mol. The zero-order valence-electron chi connectivity index (χ0n) is 16.8. The lowest BCUT2D eigenvalue weighted by Gasteiger charge is -2.19. The van der Waals surface area contributed by atoms with E-state index in [1.54, 1.807) is 0 Å². The van der Waals surface area contributed by atoms with Crippen LogP contribution in [-0.2, 0) is 6.42 Å². The van der Waals surface area contributed by atoms with Crippen molar-refractivity contribution in [2.24, 2.45) is 0 Å². The number of phenolic OH excluding ortho intramolecular Hbond substituents is 1. The Labute approximate surface area is 204 Å². The number of alkyl halides is 6. The topological polar surface area (TPSA) is 53.3 Å². The molecule has 0 aliphatic carbocycles. The van der Waals surface area contributed by atoms with Gasteiger partial charge in [0.1, 0.15) is 17.2 Å². The number of rotatable bonds is 11. The van der Waals surface area contributed by atoms with Crippen LogP contribution in [0, 0.1) is 12.3 Å². The van der Waals surface area contributed by atoms with Crippen molar-refractivity contribution in [1.29, 1.82) is 5.41 Å². The SMILES string of the molecule is BrCCCCBr.C.CCCc1c(OCCCCBr)cc(C)c(C(=N)C(F)(F)F)c1O. The molecule has 0 unspecified atom stereocenters. The van der Waals surface area contributed by atoms with Crippen molar-refractivity contribution in [2.45, 2.75) is 66.0 Å². The molecule has 0 aliphatic rings. The molecule has 0 spiro atoms. The molecule has 2 N–H and O–H groups in total. The molecule has 0 bridgehead atoms. The molecule has 0 aromatic heterocycles. The fraction of sp³-hybridized carbons (Fsp3) is 0.667. The summed E-state index contributed by atoms with van der Waals surface area (Å²) < 4.78 is 44.1. The average molecular weight is 628 g/mol. The Morgan fingerprint density at radius 1 is 1.07 bits per heavy atom. The van der Waals surface area contributed by atoms with Crippen LogP contribution in [0.15, 0.2) is 6.07 Å². The number of aryl methyl sites for hydroxylation is 1. The summed E-state index contributed by atoms with van der Waals surface area (Å²) in [6.45, 7) is 3.73. The summed E-state index contributed by atoms with van der Waals surface area (Å²) in [7, 11) is 0. The van der Waals surface area contributed by atoms with Gasteiger partial charge >= 0.3 is 6.18 Å². The average Bonchev–Trinajstić information content (AvgIpc) is 2.66. The summed E-state index contributed by atoms with van der Waals surface area (Å²) in [4.78, 5) is 0. The van der Waals surface area contributed by atoms with Gasteiger partial charge in [0.2, 0.25) is 0 Å². The molecule has 30 heavy (non-hydrogen) atoms. The first-order valence-corrected chi connectivity index (χ1v) is 12.8. The summed E-state index contributed by atoms with van der Waals surface area (Å²) >= 11 is 9.98. The first kappa shape index (κ1) is 31.9. The van der Waals surface area contributed by atoms with Crippen LogP contribution in [0.2, 0.25) is 0 Å². The lowest BCUT2D eigenvalue weighted by Crippen LogP contribution is -2.24. The Hall–Kier alpha value is -0.280. The van der Waals surface area contributed by atoms with E-state index in [9.17, 15) is 18.3 Å². The van der Waals surface area contributed by atoms with E-state index in [2.05, 4.69) is 47.8 Å². The number of ether oxygens (including phenoxy) is 1. The molecule has 1 aromatic carbocycles. The Bertz CT molecular complexity index is 622. The third-order valence-corrected chi connectivity index (χ3v) is 5.58. The van der Waals surface area contributed by atoms with Gasteiger partial charge in [-0.15, -0.1) is 0 Å².